The Labute approximate surface area is 198 Å². The van der Waals surface area contributed by atoms with E-state index in [0.29, 0.717) is 36.7 Å². The van der Waals surface area contributed by atoms with Crippen LogP contribution in [0.15, 0.2) is 35.1 Å². The third kappa shape index (κ3) is 5.91. The van der Waals surface area contributed by atoms with Gasteiger partial charge in [-0.05, 0) is 44.7 Å². The van der Waals surface area contributed by atoms with E-state index in [2.05, 4.69) is 28.9 Å². The van der Waals surface area contributed by atoms with Gasteiger partial charge in [-0.15, -0.1) is 0 Å². The predicted octanol–water partition coefficient (Wildman–Crippen LogP) is 6.01. The van der Waals surface area contributed by atoms with Crippen LogP contribution >= 0.6 is 0 Å². The summed E-state index contributed by atoms with van der Waals surface area (Å²) in [6.45, 7) is 5.01. The van der Waals surface area contributed by atoms with Gasteiger partial charge in [0, 0.05) is 37.1 Å². The molecule has 0 radical (unpaired) electrons. The van der Waals surface area contributed by atoms with Crippen LogP contribution in [0.2, 0.25) is 0 Å². The molecule has 0 bridgehead atoms. The van der Waals surface area contributed by atoms with Crippen molar-refractivity contribution < 1.29 is 22.8 Å². The number of rotatable bonds is 8. The number of aromatic nitrogens is 3. The Morgan fingerprint density at radius 2 is 2.06 bits per heavy atom. The molecule has 0 aliphatic carbocycles. The fourth-order valence-corrected chi connectivity index (χ4v) is 3.91. The first-order valence-electron chi connectivity index (χ1n) is 11.8. The topological polar surface area (TPSA) is 62.3 Å². The molecule has 0 amide bonds. The van der Waals surface area contributed by atoms with E-state index in [4.69, 9.17) is 14.0 Å². The zero-order chi connectivity index (χ0) is 23.9. The van der Waals surface area contributed by atoms with Gasteiger partial charge in [0.2, 0.25) is 0 Å². The molecule has 2 aromatic heterocycles. The van der Waals surface area contributed by atoms with Gasteiger partial charge in [0.25, 0.3) is 0 Å². The third-order valence-electron chi connectivity index (χ3n) is 5.67. The van der Waals surface area contributed by atoms with E-state index in [1.807, 2.05) is 11.5 Å². The fraction of sp³-hybridized carbons (Fsp3) is 0.462. The molecular formula is C26H29F2N3O3. The maximum absolute atomic E-state index is 14.7. The first-order valence-corrected chi connectivity index (χ1v) is 11.8. The van der Waals surface area contributed by atoms with Gasteiger partial charge in [0.05, 0.1) is 12.1 Å². The van der Waals surface area contributed by atoms with Crippen molar-refractivity contribution in [3.63, 3.8) is 0 Å². The van der Waals surface area contributed by atoms with Crippen molar-refractivity contribution in [3.8, 4) is 23.2 Å². The average Bonchev–Trinajstić information content (AvgIpc) is 3.47. The van der Waals surface area contributed by atoms with Crippen molar-refractivity contribution in [1.82, 2.24) is 14.7 Å². The van der Waals surface area contributed by atoms with E-state index in [-0.39, 0.29) is 23.7 Å². The smallest absolute Gasteiger partial charge is 0.173 e. The number of hydrogen-bond acceptors (Lipinski definition) is 5. The normalized spacial score (nSPS) is 16.8. The molecule has 1 aliphatic rings. The van der Waals surface area contributed by atoms with Crippen LogP contribution in [0.5, 0.6) is 0 Å². The molecule has 0 spiro atoms. The lowest BCUT2D eigenvalue weighted by Crippen LogP contribution is -2.24. The highest BCUT2D eigenvalue weighted by Crippen LogP contribution is 2.29. The maximum atomic E-state index is 14.7. The summed E-state index contributed by atoms with van der Waals surface area (Å²) in [5.74, 6) is 5.02. The number of imidazole rings is 1. The van der Waals surface area contributed by atoms with Gasteiger partial charge in [-0.25, -0.2) is 13.8 Å². The minimum absolute atomic E-state index is 0.0251. The second kappa shape index (κ2) is 11.4. The maximum Gasteiger partial charge on any atom is 0.173 e. The van der Waals surface area contributed by atoms with Gasteiger partial charge in [0.1, 0.15) is 29.3 Å². The number of nitrogens with zero attached hydrogens (tertiary/aromatic N) is 3. The molecule has 0 N–H and O–H groups in total. The lowest BCUT2D eigenvalue weighted by Gasteiger charge is -2.26. The molecule has 180 valence electrons. The van der Waals surface area contributed by atoms with E-state index in [9.17, 15) is 8.78 Å². The van der Waals surface area contributed by atoms with Crippen LogP contribution in [0.3, 0.4) is 0 Å². The standard InChI is InChI=1S/C26H29F2N3O3/c1-3-4-5-6-9-19-14-21(27)25(22(28)15-19)23-16-20(30-34-23)17-31-12-11-29-26(31)18(2)33-24-10-7-8-13-32-24/h11-12,14-16,18,24H,3-5,7-8,10,13,17H2,1-2H3/t18-,24?/m0/s1. The monoisotopic (exact) mass is 469 g/mol. The van der Waals surface area contributed by atoms with Gasteiger partial charge < -0.3 is 18.6 Å². The molecule has 1 aliphatic heterocycles. The number of ether oxygens (including phenoxy) is 2. The number of benzene rings is 1. The summed E-state index contributed by atoms with van der Waals surface area (Å²) in [7, 11) is 0. The second-order valence-electron chi connectivity index (χ2n) is 8.39. The average molecular weight is 470 g/mol. The first kappa shape index (κ1) is 24.1. The Morgan fingerprint density at radius 1 is 1.24 bits per heavy atom. The molecule has 4 rings (SSSR count). The molecule has 8 heteroatoms. The van der Waals surface area contributed by atoms with Crippen molar-refractivity contribution in [2.75, 3.05) is 6.61 Å². The van der Waals surface area contributed by atoms with Crippen LogP contribution in [0.1, 0.15) is 75.6 Å². The van der Waals surface area contributed by atoms with Crippen LogP contribution < -0.4 is 0 Å². The Morgan fingerprint density at radius 3 is 2.79 bits per heavy atom. The van der Waals surface area contributed by atoms with E-state index in [1.54, 1.807) is 12.4 Å². The predicted molar refractivity (Wildman–Crippen MR) is 123 cm³/mol. The summed E-state index contributed by atoms with van der Waals surface area (Å²) in [6, 6.07) is 3.98. The number of hydrogen-bond donors (Lipinski definition) is 0. The zero-order valence-electron chi connectivity index (χ0n) is 19.5. The Balaban J connectivity index is 1.46. The van der Waals surface area contributed by atoms with E-state index in [1.165, 1.54) is 18.2 Å². The fourth-order valence-electron chi connectivity index (χ4n) is 3.91. The summed E-state index contributed by atoms with van der Waals surface area (Å²) in [6.07, 6.45) is 8.61. The molecule has 1 saturated heterocycles. The number of halogens is 2. The molecule has 1 fully saturated rings. The van der Waals surface area contributed by atoms with Crippen LogP contribution in [0, 0.1) is 23.5 Å². The van der Waals surface area contributed by atoms with Crippen LogP contribution in [0.25, 0.3) is 11.3 Å². The van der Waals surface area contributed by atoms with Crippen molar-refractivity contribution in [2.45, 2.75) is 71.3 Å². The number of unbranched alkanes of at least 4 members (excludes halogenated alkanes) is 2. The molecule has 1 aromatic carbocycles. The van der Waals surface area contributed by atoms with Gasteiger partial charge in [0.15, 0.2) is 12.1 Å². The first-order chi connectivity index (χ1) is 16.5. The summed E-state index contributed by atoms with van der Waals surface area (Å²) < 4.78 is 48.2. The molecule has 6 nitrogen and oxygen atoms in total. The summed E-state index contributed by atoms with van der Waals surface area (Å²) in [5.41, 5.74) is 0.557. The Bertz CT molecular complexity index is 1130. The van der Waals surface area contributed by atoms with E-state index in [0.717, 1.165) is 32.1 Å². The summed E-state index contributed by atoms with van der Waals surface area (Å²) in [5, 5.41) is 4.01. The van der Waals surface area contributed by atoms with E-state index < -0.39 is 11.6 Å². The van der Waals surface area contributed by atoms with Gasteiger partial charge in [-0.3, -0.25) is 0 Å². The molecule has 34 heavy (non-hydrogen) atoms. The van der Waals surface area contributed by atoms with Gasteiger partial charge >= 0.3 is 0 Å². The largest absolute Gasteiger partial charge is 0.356 e. The quantitative estimate of drug-likeness (QED) is 0.299. The van der Waals surface area contributed by atoms with Crippen molar-refractivity contribution >= 4 is 0 Å². The minimum Gasteiger partial charge on any atom is -0.356 e. The lowest BCUT2D eigenvalue weighted by molar-refractivity contribution is -0.188. The second-order valence-corrected chi connectivity index (χ2v) is 8.39. The van der Waals surface area contributed by atoms with Crippen LogP contribution in [0.4, 0.5) is 8.78 Å². The Kier molecular flexibility index (Phi) is 8.09. The van der Waals surface area contributed by atoms with Crippen molar-refractivity contribution in [1.29, 1.82) is 0 Å². The molecule has 3 heterocycles. The Hall–Kier alpha value is -3.02. The van der Waals surface area contributed by atoms with Crippen molar-refractivity contribution in [3.05, 3.63) is 59.3 Å². The minimum atomic E-state index is -0.736. The van der Waals surface area contributed by atoms with Crippen LogP contribution in [-0.2, 0) is 16.0 Å². The lowest BCUT2D eigenvalue weighted by atomic mass is 10.1. The highest BCUT2D eigenvalue weighted by Gasteiger charge is 2.22. The summed E-state index contributed by atoms with van der Waals surface area (Å²) >= 11 is 0. The van der Waals surface area contributed by atoms with Gasteiger partial charge in [-0.1, -0.05) is 30.3 Å². The van der Waals surface area contributed by atoms with Gasteiger partial charge in [-0.2, -0.15) is 0 Å². The molecule has 1 unspecified atom stereocenters. The zero-order valence-corrected chi connectivity index (χ0v) is 19.5. The third-order valence-corrected chi connectivity index (χ3v) is 5.67. The van der Waals surface area contributed by atoms with Crippen molar-refractivity contribution in [2.24, 2.45) is 0 Å². The molecule has 3 aromatic rings. The molecular weight excluding hydrogens is 440 g/mol. The van der Waals surface area contributed by atoms with E-state index >= 15 is 0 Å². The summed E-state index contributed by atoms with van der Waals surface area (Å²) in [4.78, 5) is 4.41. The highest BCUT2D eigenvalue weighted by molar-refractivity contribution is 5.61. The SMILES string of the molecule is CCCCC#Cc1cc(F)c(-c2cc(Cn3ccnc3[C@H](C)OC3CCCCO3)no2)c(F)c1. The molecule has 2 atom stereocenters. The van der Waals surface area contributed by atoms with Crippen LogP contribution in [-0.4, -0.2) is 27.6 Å². The molecule has 0 saturated carbocycles. The highest BCUT2D eigenvalue weighted by atomic mass is 19.1.